The SMILES string of the molecule is CC(C)(C(=O)c1cn(C2CC2)c2c(F)c(N3CCC(CN)C3)c(F)cc2c1=O)C(=O)C(F)(F)C(F)(F)F. The summed E-state index contributed by atoms with van der Waals surface area (Å²) < 4.78 is 98.1. The number of fused-ring (bicyclic) bond motifs is 1. The molecule has 1 aromatic carbocycles. The molecule has 1 unspecified atom stereocenters. The molecule has 1 saturated heterocycles. The smallest absolute Gasteiger partial charge is 0.366 e. The summed E-state index contributed by atoms with van der Waals surface area (Å²) >= 11 is 0. The van der Waals surface area contributed by atoms with Crippen molar-refractivity contribution in [3.63, 3.8) is 0 Å². The van der Waals surface area contributed by atoms with E-state index in [1.165, 1.54) is 9.47 Å². The van der Waals surface area contributed by atoms with Gasteiger partial charge < -0.3 is 15.2 Å². The summed E-state index contributed by atoms with van der Waals surface area (Å²) in [5.74, 6) is -12.4. The average molecular weight is 535 g/mol. The molecule has 1 aliphatic heterocycles. The highest BCUT2D eigenvalue weighted by Crippen LogP contribution is 2.43. The van der Waals surface area contributed by atoms with E-state index in [0.717, 1.165) is 12.3 Å². The molecule has 2 aromatic rings. The summed E-state index contributed by atoms with van der Waals surface area (Å²) in [6.45, 7) is 2.01. The molecule has 1 aliphatic carbocycles. The van der Waals surface area contributed by atoms with Crippen molar-refractivity contribution in [1.29, 1.82) is 0 Å². The number of anilines is 1. The second-order valence-corrected chi connectivity index (χ2v) is 10.1. The van der Waals surface area contributed by atoms with Gasteiger partial charge >= 0.3 is 12.1 Å². The predicted octanol–water partition coefficient (Wildman–Crippen LogP) is 4.38. The van der Waals surface area contributed by atoms with E-state index in [1.54, 1.807) is 0 Å². The molecule has 1 atom stereocenters. The monoisotopic (exact) mass is 535 g/mol. The van der Waals surface area contributed by atoms with Crippen LogP contribution in [0.5, 0.6) is 0 Å². The fourth-order valence-electron chi connectivity index (χ4n) is 4.71. The molecule has 2 N–H and O–H groups in total. The van der Waals surface area contributed by atoms with Crippen LogP contribution in [-0.2, 0) is 4.79 Å². The maximum Gasteiger partial charge on any atom is 0.461 e. The van der Waals surface area contributed by atoms with Crippen LogP contribution in [-0.4, -0.2) is 47.9 Å². The number of pyridine rings is 1. The Balaban J connectivity index is 1.88. The number of carbonyl (C=O) groups is 2. The molecule has 1 aromatic heterocycles. The molecular formula is C24H24F7N3O3. The highest BCUT2D eigenvalue weighted by molar-refractivity contribution is 6.16. The molecule has 2 heterocycles. The first-order chi connectivity index (χ1) is 17.0. The average Bonchev–Trinajstić information content (AvgIpc) is 3.55. The zero-order chi connectivity index (χ0) is 27.7. The van der Waals surface area contributed by atoms with Gasteiger partial charge in [0.15, 0.2) is 17.0 Å². The zero-order valence-electron chi connectivity index (χ0n) is 19.9. The van der Waals surface area contributed by atoms with Gasteiger partial charge in [0.05, 0.1) is 21.9 Å². The molecule has 0 bridgehead atoms. The van der Waals surface area contributed by atoms with E-state index in [2.05, 4.69) is 0 Å². The van der Waals surface area contributed by atoms with Gasteiger partial charge in [-0.3, -0.25) is 14.4 Å². The molecule has 4 rings (SSSR count). The van der Waals surface area contributed by atoms with Gasteiger partial charge in [0.25, 0.3) is 0 Å². The first-order valence-corrected chi connectivity index (χ1v) is 11.6. The second kappa shape index (κ2) is 8.81. The van der Waals surface area contributed by atoms with Crippen molar-refractivity contribution in [2.45, 2.75) is 51.3 Å². The number of Topliss-reactive ketones (excluding diaryl/α,β-unsaturated/α-hetero) is 2. The maximum atomic E-state index is 15.8. The third-order valence-corrected chi connectivity index (χ3v) is 7.08. The number of aromatic nitrogens is 1. The Hall–Kier alpha value is -2.96. The summed E-state index contributed by atoms with van der Waals surface area (Å²) in [4.78, 5) is 39.9. The summed E-state index contributed by atoms with van der Waals surface area (Å²) in [5, 5.41) is -0.586. The van der Waals surface area contributed by atoms with Gasteiger partial charge in [-0.05, 0) is 51.6 Å². The van der Waals surface area contributed by atoms with Crippen LogP contribution >= 0.6 is 0 Å². The fraction of sp³-hybridized carbons (Fsp3) is 0.542. The van der Waals surface area contributed by atoms with Gasteiger partial charge in [-0.2, -0.15) is 22.0 Å². The van der Waals surface area contributed by atoms with Crippen LogP contribution in [0, 0.1) is 23.0 Å². The minimum absolute atomic E-state index is 0.00899. The van der Waals surface area contributed by atoms with Crippen molar-refractivity contribution in [2.75, 3.05) is 24.5 Å². The second-order valence-electron chi connectivity index (χ2n) is 10.1. The Morgan fingerprint density at radius 1 is 1.08 bits per heavy atom. The number of nitrogens with two attached hydrogens (primary N) is 1. The topological polar surface area (TPSA) is 85.4 Å². The van der Waals surface area contributed by atoms with E-state index in [1.807, 2.05) is 0 Å². The minimum Gasteiger partial charge on any atom is -0.366 e. The highest BCUT2D eigenvalue weighted by Gasteiger charge is 2.67. The number of benzene rings is 1. The van der Waals surface area contributed by atoms with Crippen molar-refractivity contribution in [3.8, 4) is 0 Å². The Labute approximate surface area is 206 Å². The molecule has 1 saturated carbocycles. The number of rotatable bonds is 7. The molecule has 0 spiro atoms. The van der Waals surface area contributed by atoms with Crippen molar-refractivity contribution >= 4 is 28.2 Å². The van der Waals surface area contributed by atoms with E-state index in [9.17, 15) is 36.3 Å². The first kappa shape index (κ1) is 27.1. The predicted molar refractivity (Wildman–Crippen MR) is 120 cm³/mol. The van der Waals surface area contributed by atoms with Crippen LogP contribution in [0.4, 0.5) is 36.4 Å². The summed E-state index contributed by atoms with van der Waals surface area (Å²) in [6.07, 6.45) is -3.82. The third-order valence-electron chi connectivity index (χ3n) is 7.08. The number of hydrogen-bond acceptors (Lipinski definition) is 5. The summed E-state index contributed by atoms with van der Waals surface area (Å²) in [6, 6.07) is 0.300. The molecular weight excluding hydrogens is 511 g/mol. The summed E-state index contributed by atoms with van der Waals surface area (Å²) in [5.41, 5.74) is -0.201. The maximum absolute atomic E-state index is 15.8. The van der Waals surface area contributed by atoms with Crippen LogP contribution in [0.3, 0.4) is 0 Å². The van der Waals surface area contributed by atoms with Crippen molar-refractivity contribution in [3.05, 3.63) is 39.7 Å². The first-order valence-electron chi connectivity index (χ1n) is 11.6. The van der Waals surface area contributed by atoms with Crippen molar-refractivity contribution in [1.82, 2.24) is 4.57 Å². The number of alkyl halides is 5. The number of ketones is 2. The van der Waals surface area contributed by atoms with E-state index in [0.29, 0.717) is 46.2 Å². The molecule has 13 heteroatoms. The lowest BCUT2D eigenvalue weighted by Crippen LogP contribution is -2.53. The lowest BCUT2D eigenvalue weighted by molar-refractivity contribution is -0.271. The van der Waals surface area contributed by atoms with Gasteiger partial charge in [0.2, 0.25) is 5.78 Å². The van der Waals surface area contributed by atoms with Crippen LogP contribution in [0.1, 0.15) is 49.5 Å². The molecule has 37 heavy (non-hydrogen) atoms. The Kier molecular flexibility index (Phi) is 6.45. The molecule has 0 radical (unpaired) electrons. The number of hydrogen-bond donors (Lipinski definition) is 1. The van der Waals surface area contributed by atoms with Crippen LogP contribution < -0.4 is 16.1 Å². The van der Waals surface area contributed by atoms with Gasteiger partial charge in [-0.15, -0.1) is 0 Å². The number of carbonyl (C=O) groups excluding carboxylic acids is 2. The Bertz CT molecular complexity index is 1350. The minimum atomic E-state index is -6.26. The molecule has 2 fully saturated rings. The van der Waals surface area contributed by atoms with Gasteiger partial charge in [0.1, 0.15) is 11.5 Å². The van der Waals surface area contributed by atoms with Crippen LogP contribution in [0.15, 0.2) is 17.1 Å². The fourth-order valence-corrected chi connectivity index (χ4v) is 4.71. The van der Waals surface area contributed by atoms with Gasteiger partial charge in [0, 0.05) is 25.3 Å². The lowest BCUT2D eigenvalue weighted by atomic mass is 9.78. The molecule has 0 amide bonds. The molecule has 2 aliphatic rings. The lowest BCUT2D eigenvalue weighted by Gasteiger charge is -2.28. The normalized spacial score (nSPS) is 19.1. The van der Waals surface area contributed by atoms with E-state index >= 15 is 8.78 Å². The van der Waals surface area contributed by atoms with Crippen LogP contribution in [0.2, 0.25) is 0 Å². The highest BCUT2D eigenvalue weighted by atomic mass is 19.4. The van der Waals surface area contributed by atoms with E-state index in [-0.39, 0.29) is 23.7 Å². The molecule has 202 valence electrons. The van der Waals surface area contributed by atoms with Crippen LogP contribution in [0.25, 0.3) is 10.9 Å². The zero-order valence-corrected chi connectivity index (χ0v) is 19.9. The van der Waals surface area contributed by atoms with E-state index in [4.69, 9.17) is 5.73 Å². The van der Waals surface area contributed by atoms with Gasteiger partial charge in [-0.25, -0.2) is 8.78 Å². The Morgan fingerprint density at radius 3 is 2.22 bits per heavy atom. The van der Waals surface area contributed by atoms with Crippen molar-refractivity contribution in [2.24, 2.45) is 17.1 Å². The number of nitrogens with zero attached hydrogens (tertiary/aromatic N) is 2. The molecule has 6 nitrogen and oxygen atoms in total. The van der Waals surface area contributed by atoms with Gasteiger partial charge in [-0.1, -0.05) is 0 Å². The standard InChI is InChI=1S/C24H24F7N3O3/c1-22(2,21(37)23(27,28)24(29,30)31)20(36)14-10-34(12-3-4-12)17-13(19(14)35)7-15(25)18(16(17)26)33-6-5-11(8-32)9-33/h7,10-12H,3-6,8-9,32H2,1-2H3. The number of halogens is 7. The third kappa shape index (κ3) is 4.30. The van der Waals surface area contributed by atoms with Crippen molar-refractivity contribution < 1.29 is 40.3 Å². The quantitative estimate of drug-likeness (QED) is 0.323. The van der Waals surface area contributed by atoms with E-state index < -0.39 is 63.1 Å². The largest absolute Gasteiger partial charge is 0.461 e. The Morgan fingerprint density at radius 2 is 1.70 bits per heavy atom. The summed E-state index contributed by atoms with van der Waals surface area (Å²) in [7, 11) is 0.